The van der Waals surface area contributed by atoms with E-state index in [1.807, 2.05) is 20.8 Å². The highest BCUT2D eigenvalue weighted by Gasteiger charge is 2.20. The van der Waals surface area contributed by atoms with E-state index in [1.165, 1.54) is 24.8 Å². The predicted octanol–water partition coefficient (Wildman–Crippen LogP) is 4.61. The summed E-state index contributed by atoms with van der Waals surface area (Å²) in [5.41, 5.74) is 1.28. The van der Waals surface area contributed by atoms with Gasteiger partial charge in [0.05, 0.1) is 0 Å². The molecule has 1 atom stereocenters. The maximum atomic E-state index is 9.60. The number of ether oxygens (including phenoxy) is 1. The molecule has 0 bridgehead atoms. The Morgan fingerprint density at radius 3 is 2.16 bits per heavy atom. The third kappa shape index (κ3) is 17.5. The molecule has 0 amide bonds. The van der Waals surface area contributed by atoms with E-state index in [4.69, 9.17) is 0 Å². The molecule has 0 saturated carbocycles. The highest BCUT2D eigenvalue weighted by Crippen LogP contribution is 2.12. The smallest absolute Gasteiger partial charge is 0.293 e. The van der Waals surface area contributed by atoms with Crippen LogP contribution in [0.2, 0.25) is 0 Å². The third-order valence-electron chi connectivity index (χ3n) is 3.78. The fourth-order valence-electron chi connectivity index (χ4n) is 2.17. The molecule has 0 saturated heterocycles. The average Bonchev–Trinajstić information content (AvgIpc) is 2.53. The predicted molar refractivity (Wildman–Crippen MR) is 110 cm³/mol. The van der Waals surface area contributed by atoms with Crippen LogP contribution in [0.5, 0.6) is 0 Å². The standard InChI is InChI=1S/C16H32N2.C5H10O2/c1-6-9-12-16(4,17-5)14-18-13-15(10-7-2)11-8-3;1-5(2,3)7-4-6/h7,10-11,17-18H,6,8-9,12-14H2,1-5H3;4H,1-3H3/b10-7-,15-11+;. The quantitative estimate of drug-likeness (QED) is 0.420. The van der Waals surface area contributed by atoms with Gasteiger partial charge in [-0.1, -0.05) is 44.9 Å². The number of likely N-dealkylation sites (N-methyl/N-ethyl adjacent to an activating group) is 1. The third-order valence-corrected chi connectivity index (χ3v) is 3.78. The molecule has 0 spiro atoms. The number of unbranched alkanes of at least 4 members (excludes halogenated alkanes) is 1. The minimum atomic E-state index is -0.318. The van der Waals surface area contributed by atoms with Crippen LogP contribution in [0.4, 0.5) is 0 Å². The molecule has 4 nitrogen and oxygen atoms in total. The molecule has 1 unspecified atom stereocenters. The lowest BCUT2D eigenvalue weighted by atomic mass is 9.95. The number of carbonyl (C=O) groups excluding carboxylic acids is 1. The Morgan fingerprint density at radius 1 is 1.16 bits per heavy atom. The molecule has 0 heterocycles. The van der Waals surface area contributed by atoms with Gasteiger partial charge in [-0.3, -0.25) is 4.79 Å². The van der Waals surface area contributed by atoms with Crippen molar-refractivity contribution in [3.05, 3.63) is 23.8 Å². The molecule has 25 heavy (non-hydrogen) atoms. The van der Waals surface area contributed by atoms with E-state index in [2.05, 4.69) is 68.3 Å². The Morgan fingerprint density at radius 2 is 1.80 bits per heavy atom. The van der Waals surface area contributed by atoms with Gasteiger partial charge in [0.2, 0.25) is 0 Å². The van der Waals surface area contributed by atoms with Crippen molar-refractivity contribution in [1.82, 2.24) is 10.6 Å². The van der Waals surface area contributed by atoms with Crippen LogP contribution >= 0.6 is 0 Å². The minimum absolute atomic E-state index is 0.212. The Bertz CT molecular complexity index is 384. The van der Waals surface area contributed by atoms with E-state index >= 15 is 0 Å². The van der Waals surface area contributed by atoms with E-state index in [1.54, 1.807) is 0 Å². The first-order valence-corrected chi connectivity index (χ1v) is 9.50. The molecular weight excluding hydrogens is 312 g/mol. The van der Waals surface area contributed by atoms with Crippen molar-refractivity contribution in [2.45, 2.75) is 85.3 Å². The molecule has 0 aliphatic rings. The van der Waals surface area contributed by atoms with Gasteiger partial charge >= 0.3 is 0 Å². The van der Waals surface area contributed by atoms with Crippen molar-refractivity contribution in [3.8, 4) is 0 Å². The van der Waals surface area contributed by atoms with Crippen molar-refractivity contribution in [1.29, 1.82) is 0 Å². The normalized spacial score (nSPS) is 14.6. The van der Waals surface area contributed by atoms with Crippen molar-refractivity contribution in [3.63, 3.8) is 0 Å². The maximum absolute atomic E-state index is 9.60. The molecule has 0 radical (unpaired) electrons. The van der Waals surface area contributed by atoms with Gasteiger partial charge in [-0.2, -0.15) is 0 Å². The topological polar surface area (TPSA) is 50.4 Å². The van der Waals surface area contributed by atoms with Crippen LogP contribution in [-0.2, 0) is 9.53 Å². The zero-order chi connectivity index (χ0) is 19.8. The Labute approximate surface area is 156 Å². The molecular formula is C21H42N2O2. The summed E-state index contributed by atoms with van der Waals surface area (Å²) < 4.78 is 4.55. The molecule has 0 fully saturated rings. The minimum Gasteiger partial charge on any atom is -0.462 e. The van der Waals surface area contributed by atoms with Crippen LogP contribution in [0.15, 0.2) is 23.8 Å². The molecule has 0 aromatic heterocycles. The van der Waals surface area contributed by atoms with Crippen molar-refractivity contribution < 1.29 is 9.53 Å². The van der Waals surface area contributed by atoms with Crippen LogP contribution in [0.25, 0.3) is 0 Å². The summed E-state index contributed by atoms with van der Waals surface area (Å²) in [5.74, 6) is 0. The van der Waals surface area contributed by atoms with Gasteiger partial charge in [0.15, 0.2) is 0 Å². The van der Waals surface area contributed by atoms with E-state index in [-0.39, 0.29) is 11.1 Å². The number of hydrogen-bond acceptors (Lipinski definition) is 4. The number of nitrogens with one attached hydrogen (secondary N) is 2. The first kappa shape index (κ1) is 26.1. The maximum Gasteiger partial charge on any atom is 0.293 e. The second kappa shape index (κ2) is 15.2. The monoisotopic (exact) mass is 354 g/mol. The highest BCUT2D eigenvalue weighted by atomic mass is 16.5. The van der Waals surface area contributed by atoms with Crippen LogP contribution in [0.1, 0.15) is 74.1 Å². The molecule has 0 aliphatic carbocycles. The number of allylic oxidation sites excluding steroid dienone is 2. The summed E-state index contributed by atoms with van der Waals surface area (Å²) in [6, 6.07) is 0. The largest absolute Gasteiger partial charge is 0.462 e. The van der Waals surface area contributed by atoms with Gasteiger partial charge in [0.1, 0.15) is 5.60 Å². The lowest BCUT2D eigenvalue weighted by Crippen LogP contribution is -2.48. The molecule has 0 aromatic rings. The van der Waals surface area contributed by atoms with Gasteiger partial charge in [-0.05, 0) is 60.1 Å². The lowest BCUT2D eigenvalue weighted by Gasteiger charge is -2.29. The first-order valence-electron chi connectivity index (χ1n) is 9.50. The Hall–Kier alpha value is -1.13. The summed E-state index contributed by atoms with van der Waals surface area (Å²) in [5, 5.41) is 7.02. The van der Waals surface area contributed by atoms with Crippen molar-refractivity contribution >= 4 is 6.47 Å². The number of rotatable bonds is 11. The fraction of sp³-hybridized carbons (Fsp3) is 0.762. The van der Waals surface area contributed by atoms with Gasteiger partial charge < -0.3 is 15.4 Å². The second-order valence-electron chi connectivity index (χ2n) is 7.53. The lowest BCUT2D eigenvalue weighted by molar-refractivity contribution is -0.138. The molecule has 0 aromatic carbocycles. The average molecular weight is 355 g/mol. The first-order chi connectivity index (χ1) is 11.7. The fourth-order valence-corrected chi connectivity index (χ4v) is 2.17. The van der Waals surface area contributed by atoms with Crippen LogP contribution in [0.3, 0.4) is 0 Å². The van der Waals surface area contributed by atoms with Gasteiger partial charge in [0.25, 0.3) is 6.47 Å². The highest BCUT2D eigenvalue weighted by molar-refractivity contribution is 5.37. The summed E-state index contributed by atoms with van der Waals surface area (Å²) in [6.45, 7) is 16.7. The molecule has 148 valence electrons. The zero-order valence-corrected chi connectivity index (χ0v) is 17.9. The number of hydrogen-bond donors (Lipinski definition) is 2. The Kier molecular flexibility index (Phi) is 15.8. The summed E-state index contributed by atoms with van der Waals surface area (Å²) >= 11 is 0. The molecule has 4 heteroatoms. The van der Waals surface area contributed by atoms with Gasteiger partial charge in [-0.15, -0.1) is 0 Å². The van der Waals surface area contributed by atoms with E-state index < -0.39 is 0 Å². The molecule has 2 N–H and O–H groups in total. The molecule has 0 rings (SSSR count). The summed E-state index contributed by atoms with van der Waals surface area (Å²) in [7, 11) is 2.06. The van der Waals surface area contributed by atoms with Gasteiger partial charge in [0, 0.05) is 18.6 Å². The molecule has 0 aliphatic heterocycles. The van der Waals surface area contributed by atoms with Crippen molar-refractivity contribution in [2.24, 2.45) is 0 Å². The summed E-state index contributed by atoms with van der Waals surface area (Å²) in [6.07, 6.45) is 11.5. The van der Waals surface area contributed by atoms with E-state index in [9.17, 15) is 4.79 Å². The SMILES string of the molecule is C/C=C\C(=C/CC)CNCC(C)(CCCC)NC.CC(C)(C)OC=O. The summed E-state index contributed by atoms with van der Waals surface area (Å²) in [4.78, 5) is 9.60. The van der Waals surface area contributed by atoms with Crippen LogP contribution < -0.4 is 10.6 Å². The van der Waals surface area contributed by atoms with Crippen molar-refractivity contribution in [2.75, 3.05) is 20.1 Å². The second-order valence-corrected chi connectivity index (χ2v) is 7.53. The van der Waals surface area contributed by atoms with Gasteiger partial charge in [-0.25, -0.2) is 0 Å². The van der Waals surface area contributed by atoms with Crippen LogP contribution in [0, 0.1) is 0 Å². The van der Waals surface area contributed by atoms with E-state index in [0.29, 0.717) is 6.47 Å². The zero-order valence-electron chi connectivity index (χ0n) is 17.9. The number of carbonyl (C=O) groups is 1. The van der Waals surface area contributed by atoms with Crippen LogP contribution in [-0.4, -0.2) is 37.7 Å². The Balaban J connectivity index is 0. The van der Waals surface area contributed by atoms with E-state index in [0.717, 1.165) is 19.5 Å².